The molecular weight excluding hydrogens is 338 g/mol. The minimum absolute atomic E-state index is 0.0922. The number of benzene rings is 1. The summed E-state index contributed by atoms with van der Waals surface area (Å²) in [7, 11) is -1.92. The highest BCUT2D eigenvalue weighted by molar-refractivity contribution is 7.89. The largest absolute Gasteiger partial charge is 0.341 e. The van der Waals surface area contributed by atoms with Gasteiger partial charge in [0, 0.05) is 37.6 Å². The monoisotopic (exact) mass is 361 g/mol. The second-order valence-electron chi connectivity index (χ2n) is 6.14. The summed E-state index contributed by atoms with van der Waals surface area (Å²) in [5.41, 5.74) is 1.44. The Hall–Kier alpha value is -2.25. The average molecular weight is 361 g/mol. The molecule has 2 aromatic rings. The predicted octanol–water partition coefficient (Wildman–Crippen LogP) is 2.08. The van der Waals surface area contributed by atoms with Crippen LogP contribution in [0.3, 0.4) is 0 Å². The molecule has 25 heavy (non-hydrogen) atoms. The maximum absolute atomic E-state index is 12.6. The zero-order valence-electron chi connectivity index (χ0n) is 14.6. The van der Waals surface area contributed by atoms with E-state index in [0.717, 1.165) is 5.56 Å². The van der Waals surface area contributed by atoms with Gasteiger partial charge in [-0.25, -0.2) is 13.1 Å². The van der Waals surface area contributed by atoms with E-state index in [0.29, 0.717) is 18.5 Å². The van der Waals surface area contributed by atoms with Gasteiger partial charge in [0.15, 0.2) is 0 Å². The summed E-state index contributed by atoms with van der Waals surface area (Å²) in [6, 6.07) is 9.70. The number of aromatic nitrogens is 1. The molecule has 0 atom stereocenters. The van der Waals surface area contributed by atoms with Crippen LogP contribution in [-0.4, -0.2) is 43.8 Å². The molecular formula is C18H23N3O3S. The van der Waals surface area contributed by atoms with E-state index in [1.54, 1.807) is 50.3 Å². The van der Waals surface area contributed by atoms with Gasteiger partial charge in [0.05, 0.1) is 4.90 Å². The van der Waals surface area contributed by atoms with Gasteiger partial charge in [-0.15, -0.1) is 0 Å². The fourth-order valence-corrected chi connectivity index (χ4v) is 3.64. The number of nitrogens with one attached hydrogen (secondary N) is 1. The van der Waals surface area contributed by atoms with Crippen LogP contribution >= 0.6 is 0 Å². The van der Waals surface area contributed by atoms with Crippen molar-refractivity contribution in [2.24, 2.45) is 0 Å². The fourth-order valence-electron chi connectivity index (χ4n) is 2.34. The SMILES string of the molecule is CC(C)NS(=O)(=O)c1cccc(C(=O)N(C)CCc2ccncc2)c1. The number of sulfonamides is 1. The van der Waals surface area contributed by atoms with Crippen LogP contribution in [0.2, 0.25) is 0 Å². The van der Waals surface area contributed by atoms with E-state index in [1.807, 2.05) is 12.1 Å². The number of carbonyl (C=O) groups excluding carboxylic acids is 1. The van der Waals surface area contributed by atoms with E-state index in [9.17, 15) is 13.2 Å². The first-order valence-corrected chi connectivity index (χ1v) is 9.54. The summed E-state index contributed by atoms with van der Waals surface area (Å²) in [6.45, 7) is 4.03. The third-order valence-corrected chi connectivity index (χ3v) is 5.27. The van der Waals surface area contributed by atoms with Gasteiger partial charge in [0.2, 0.25) is 10.0 Å². The van der Waals surface area contributed by atoms with Crippen molar-refractivity contribution in [1.82, 2.24) is 14.6 Å². The van der Waals surface area contributed by atoms with Gasteiger partial charge in [-0.2, -0.15) is 0 Å². The van der Waals surface area contributed by atoms with Crippen LogP contribution in [-0.2, 0) is 16.4 Å². The zero-order chi connectivity index (χ0) is 18.4. The van der Waals surface area contributed by atoms with Crippen molar-refractivity contribution in [3.8, 4) is 0 Å². The number of likely N-dealkylation sites (N-methyl/N-ethyl adjacent to an activating group) is 1. The second kappa shape index (κ2) is 8.22. The van der Waals surface area contributed by atoms with Gasteiger partial charge >= 0.3 is 0 Å². The van der Waals surface area contributed by atoms with E-state index in [4.69, 9.17) is 0 Å². The van der Waals surface area contributed by atoms with Crippen LogP contribution < -0.4 is 4.72 Å². The Morgan fingerprint density at radius 1 is 1.20 bits per heavy atom. The van der Waals surface area contributed by atoms with Crippen molar-refractivity contribution in [2.75, 3.05) is 13.6 Å². The molecule has 1 aromatic carbocycles. The molecule has 0 saturated heterocycles. The van der Waals surface area contributed by atoms with Gasteiger partial charge in [0.1, 0.15) is 0 Å². The minimum atomic E-state index is -3.62. The molecule has 0 saturated carbocycles. The molecule has 6 nitrogen and oxygen atoms in total. The molecule has 0 unspecified atom stereocenters. The molecule has 0 spiro atoms. The summed E-state index contributed by atoms with van der Waals surface area (Å²) in [6.07, 6.45) is 4.14. The van der Waals surface area contributed by atoms with Crippen molar-refractivity contribution < 1.29 is 13.2 Å². The van der Waals surface area contributed by atoms with Crippen LogP contribution in [0.15, 0.2) is 53.7 Å². The molecule has 0 aliphatic heterocycles. The first-order valence-electron chi connectivity index (χ1n) is 8.06. The quantitative estimate of drug-likeness (QED) is 0.819. The van der Waals surface area contributed by atoms with Crippen molar-refractivity contribution in [1.29, 1.82) is 0 Å². The zero-order valence-corrected chi connectivity index (χ0v) is 15.5. The molecule has 7 heteroatoms. The first-order chi connectivity index (χ1) is 11.8. The molecule has 1 N–H and O–H groups in total. The molecule has 0 aliphatic rings. The third-order valence-electron chi connectivity index (χ3n) is 3.61. The van der Waals surface area contributed by atoms with Gasteiger partial charge < -0.3 is 4.90 Å². The number of amides is 1. The Bertz CT molecular complexity index is 820. The van der Waals surface area contributed by atoms with Gasteiger partial charge in [0.25, 0.3) is 5.91 Å². The van der Waals surface area contributed by atoms with Crippen LogP contribution in [0.25, 0.3) is 0 Å². The molecule has 0 bridgehead atoms. The Labute approximate surface area is 148 Å². The maximum Gasteiger partial charge on any atom is 0.253 e. The van der Waals surface area contributed by atoms with E-state index < -0.39 is 10.0 Å². The Balaban J connectivity index is 2.10. The lowest BCUT2D eigenvalue weighted by Crippen LogP contribution is -2.31. The highest BCUT2D eigenvalue weighted by Gasteiger charge is 2.18. The summed E-state index contributed by atoms with van der Waals surface area (Å²) in [4.78, 5) is 18.2. The standard InChI is InChI=1S/C18H23N3O3S/c1-14(2)20-25(23,24)17-6-4-5-16(13-17)18(22)21(3)12-9-15-7-10-19-11-8-15/h4-8,10-11,13-14,20H,9,12H2,1-3H3. The van der Waals surface area contributed by atoms with Gasteiger partial charge in [-0.1, -0.05) is 6.07 Å². The van der Waals surface area contributed by atoms with Crippen LogP contribution in [0.4, 0.5) is 0 Å². The van der Waals surface area contributed by atoms with E-state index in [-0.39, 0.29) is 16.8 Å². The van der Waals surface area contributed by atoms with Gasteiger partial charge in [-0.05, 0) is 56.2 Å². The normalized spacial score (nSPS) is 11.5. The van der Waals surface area contributed by atoms with Crippen LogP contribution in [0.1, 0.15) is 29.8 Å². The molecule has 0 radical (unpaired) electrons. The number of carbonyl (C=O) groups is 1. The predicted molar refractivity (Wildman–Crippen MR) is 96.8 cm³/mol. The van der Waals surface area contributed by atoms with E-state index >= 15 is 0 Å². The number of nitrogens with zero attached hydrogens (tertiary/aromatic N) is 2. The summed E-state index contributed by atoms with van der Waals surface area (Å²) >= 11 is 0. The van der Waals surface area contributed by atoms with Crippen molar-refractivity contribution >= 4 is 15.9 Å². The highest BCUT2D eigenvalue weighted by atomic mass is 32.2. The summed E-state index contributed by atoms with van der Waals surface area (Å²) in [5, 5.41) is 0. The summed E-state index contributed by atoms with van der Waals surface area (Å²) < 4.78 is 27.0. The lowest BCUT2D eigenvalue weighted by atomic mass is 10.1. The van der Waals surface area contributed by atoms with Crippen LogP contribution in [0.5, 0.6) is 0 Å². The topological polar surface area (TPSA) is 79.4 Å². The van der Waals surface area contributed by atoms with Crippen LogP contribution in [0, 0.1) is 0 Å². The molecule has 1 aromatic heterocycles. The molecule has 134 valence electrons. The molecule has 2 rings (SSSR count). The Morgan fingerprint density at radius 2 is 1.88 bits per heavy atom. The minimum Gasteiger partial charge on any atom is -0.341 e. The molecule has 1 heterocycles. The van der Waals surface area contributed by atoms with Crippen molar-refractivity contribution in [2.45, 2.75) is 31.2 Å². The lowest BCUT2D eigenvalue weighted by molar-refractivity contribution is 0.0796. The Kier molecular flexibility index (Phi) is 6.27. The first kappa shape index (κ1) is 19.1. The molecule has 1 amide bonds. The maximum atomic E-state index is 12.6. The van der Waals surface area contributed by atoms with Crippen molar-refractivity contribution in [3.63, 3.8) is 0 Å². The van der Waals surface area contributed by atoms with Crippen molar-refractivity contribution in [3.05, 3.63) is 59.9 Å². The Morgan fingerprint density at radius 3 is 2.52 bits per heavy atom. The lowest BCUT2D eigenvalue weighted by Gasteiger charge is -2.18. The van der Waals surface area contributed by atoms with E-state index in [1.165, 1.54) is 12.1 Å². The fraction of sp³-hybridized carbons (Fsp3) is 0.333. The highest BCUT2D eigenvalue weighted by Crippen LogP contribution is 2.14. The smallest absolute Gasteiger partial charge is 0.253 e. The third kappa shape index (κ3) is 5.37. The molecule has 0 fully saturated rings. The summed E-state index contributed by atoms with van der Waals surface area (Å²) in [5.74, 6) is -0.212. The molecule has 0 aliphatic carbocycles. The number of rotatable bonds is 7. The number of hydrogen-bond donors (Lipinski definition) is 1. The van der Waals surface area contributed by atoms with E-state index in [2.05, 4.69) is 9.71 Å². The number of pyridine rings is 1. The number of hydrogen-bond acceptors (Lipinski definition) is 4. The average Bonchev–Trinajstić information content (AvgIpc) is 2.59. The van der Waals surface area contributed by atoms with Gasteiger partial charge in [-0.3, -0.25) is 9.78 Å². The second-order valence-corrected chi connectivity index (χ2v) is 7.85.